The summed E-state index contributed by atoms with van der Waals surface area (Å²) in [5.74, 6) is 1.38. The number of para-hydroxylation sites is 2. The molecule has 1 aliphatic heterocycles. The summed E-state index contributed by atoms with van der Waals surface area (Å²) in [4.78, 5) is 15.9. The Labute approximate surface area is 145 Å². The second-order valence-electron chi connectivity index (χ2n) is 5.95. The number of hydrogen-bond donors (Lipinski definition) is 1. The van der Waals surface area contributed by atoms with E-state index in [1.54, 1.807) is 23.7 Å². The van der Waals surface area contributed by atoms with Crippen molar-refractivity contribution in [3.63, 3.8) is 0 Å². The van der Waals surface area contributed by atoms with Gasteiger partial charge in [-0.05, 0) is 24.6 Å². The molecule has 0 saturated carbocycles. The maximum absolute atomic E-state index is 10.0. The predicted octanol–water partition coefficient (Wildman–Crippen LogP) is 3.29. The van der Waals surface area contributed by atoms with Crippen molar-refractivity contribution in [2.75, 3.05) is 36.0 Å². The highest BCUT2D eigenvalue weighted by atomic mass is 32.1. The number of thiophene rings is 1. The summed E-state index contributed by atoms with van der Waals surface area (Å²) in [7, 11) is 0. The molecule has 0 aliphatic carbocycles. The van der Waals surface area contributed by atoms with Gasteiger partial charge < -0.3 is 14.9 Å². The first-order valence-electron chi connectivity index (χ1n) is 8.27. The Bertz CT molecular complexity index is 855. The summed E-state index contributed by atoms with van der Waals surface area (Å²) in [5.41, 5.74) is 0.911. The second kappa shape index (κ2) is 6.28. The minimum Gasteiger partial charge on any atom is -0.506 e. The number of benzene rings is 1. The molecule has 1 aromatic carbocycles. The van der Waals surface area contributed by atoms with E-state index in [4.69, 9.17) is 0 Å². The SMILES string of the molecule is CCc1cc2c(N3CCN(c4ccccc4O)CC3)ncnc2s1. The van der Waals surface area contributed by atoms with E-state index in [0.29, 0.717) is 5.75 Å². The van der Waals surface area contributed by atoms with E-state index in [9.17, 15) is 5.11 Å². The number of phenols is 1. The standard InChI is InChI=1S/C18H20N4OS/c1-2-13-11-14-17(19-12-20-18(14)24-13)22-9-7-21(8-10-22)15-5-3-4-6-16(15)23/h3-6,11-12,23H,2,7-10H2,1H3. The van der Waals surface area contributed by atoms with Crippen LogP contribution in [0.15, 0.2) is 36.7 Å². The van der Waals surface area contributed by atoms with Crippen LogP contribution in [0, 0.1) is 0 Å². The Morgan fingerprint density at radius 3 is 2.58 bits per heavy atom. The number of anilines is 2. The molecule has 0 amide bonds. The molecule has 0 unspecified atom stereocenters. The lowest BCUT2D eigenvalue weighted by atomic mass is 10.2. The number of aryl methyl sites for hydroxylation is 1. The molecule has 24 heavy (non-hydrogen) atoms. The van der Waals surface area contributed by atoms with Crippen LogP contribution in [0.5, 0.6) is 5.75 Å². The Kier molecular flexibility index (Phi) is 3.98. The number of piperazine rings is 1. The van der Waals surface area contributed by atoms with Gasteiger partial charge in [-0.1, -0.05) is 19.1 Å². The Hall–Kier alpha value is -2.34. The molecule has 3 heterocycles. The fourth-order valence-corrected chi connectivity index (χ4v) is 4.14. The van der Waals surface area contributed by atoms with Crippen LogP contribution in [-0.4, -0.2) is 41.3 Å². The number of phenolic OH excluding ortho intramolecular Hbond substituents is 1. The van der Waals surface area contributed by atoms with Crippen molar-refractivity contribution in [3.05, 3.63) is 41.5 Å². The maximum Gasteiger partial charge on any atom is 0.140 e. The molecule has 0 atom stereocenters. The zero-order chi connectivity index (χ0) is 16.5. The smallest absolute Gasteiger partial charge is 0.140 e. The number of fused-ring (bicyclic) bond motifs is 1. The molecule has 3 aromatic rings. The molecule has 0 bridgehead atoms. The Morgan fingerprint density at radius 2 is 1.83 bits per heavy atom. The van der Waals surface area contributed by atoms with Gasteiger partial charge in [0.1, 0.15) is 22.7 Å². The second-order valence-corrected chi connectivity index (χ2v) is 7.06. The largest absolute Gasteiger partial charge is 0.506 e. The van der Waals surface area contributed by atoms with Gasteiger partial charge in [-0.15, -0.1) is 11.3 Å². The number of aromatic nitrogens is 2. The van der Waals surface area contributed by atoms with Crippen LogP contribution in [0.1, 0.15) is 11.8 Å². The number of rotatable bonds is 3. The third-order valence-corrected chi connectivity index (χ3v) is 5.70. The lowest BCUT2D eigenvalue weighted by Gasteiger charge is -2.37. The molecular weight excluding hydrogens is 320 g/mol. The molecule has 0 radical (unpaired) electrons. The van der Waals surface area contributed by atoms with Crippen LogP contribution in [0.25, 0.3) is 10.2 Å². The van der Waals surface area contributed by atoms with Gasteiger partial charge in [-0.3, -0.25) is 0 Å². The molecule has 2 aromatic heterocycles. The van der Waals surface area contributed by atoms with Gasteiger partial charge >= 0.3 is 0 Å². The van der Waals surface area contributed by atoms with Crippen LogP contribution < -0.4 is 9.80 Å². The van der Waals surface area contributed by atoms with Crippen molar-refractivity contribution in [2.24, 2.45) is 0 Å². The number of aromatic hydroxyl groups is 1. The van der Waals surface area contributed by atoms with Crippen molar-refractivity contribution >= 4 is 33.1 Å². The molecule has 0 spiro atoms. The fourth-order valence-electron chi connectivity index (χ4n) is 3.21. The monoisotopic (exact) mass is 340 g/mol. The van der Waals surface area contributed by atoms with Gasteiger partial charge in [-0.25, -0.2) is 9.97 Å². The normalized spacial score (nSPS) is 15.2. The van der Waals surface area contributed by atoms with Crippen molar-refractivity contribution in [1.29, 1.82) is 0 Å². The van der Waals surface area contributed by atoms with E-state index in [2.05, 4.69) is 32.8 Å². The Balaban J connectivity index is 1.56. The maximum atomic E-state index is 10.0. The van der Waals surface area contributed by atoms with Crippen LogP contribution in [0.2, 0.25) is 0 Å². The van der Waals surface area contributed by atoms with Crippen molar-refractivity contribution in [1.82, 2.24) is 9.97 Å². The van der Waals surface area contributed by atoms with E-state index >= 15 is 0 Å². The molecule has 1 N–H and O–H groups in total. The van der Waals surface area contributed by atoms with Crippen LogP contribution >= 0.6 is 11.3 Å². The summed E-state index contributed by atoms with van der Waals surface area (Å²) in [6, 6.07) is 9.76. The zero-order valence-electron chi connectivity index (χ0n) is 13.6. The average molecular weight is 340 g/mol. The third kappa shape index (κ3) is 2.67. The minimum absolute atomic E-state index is 0.348. The highest BCUT2D eigenvalue weighted by Gasteiger charge is 2.22. The van der Waals surface area contributed by atoms with E-state index in [0.717, 1.165) is 54.3 Å². The molecule has 4 rings (SSSR count). The fraction of sp³-hybridized carbons (Fsp3) is 0.333. The highest BCUT2D eigenvalue weighted by molar-refractivity contribution is 7.18. The molecule has 1 aliphatic rings. The van der Waals surface area contributed by atoms with Crippen LogP contribution in [0.4, 0.5) is 11.5 Å². The van der Waals surface area contributed by atoms with E-state index in [1.807, 2.05) is 18.2 Å². The number of hydrogen-bond acceptors (Lipinski definition) is 6. The van der Waals surface area contributed by atoms with Crippen molar-refractivity contribution < 1.29 is 5.11 Å². The summed E-state index contributed by atoms with van der Waals surface area (Å²) in [6.07, 6.45) is 2.70. The summed E-state index contributed by atoms with van der Waals surface area (Å²) >= 11 is 1.75. The lowest BCUT2D eigenvalue weighted by molar-refractivity contribution is 0.472. The first-order chi connectivity index (χ1) is 11.8. The molecule has 1 fully saturated rings. The third-order valence-electron chi connectivity index (χ3n) is 4.51. The topological polar surface area (TPSA) is 52.5 Å². The zero-order valence-corrected chi connectivity index (χ0v) is 14.5. The molecule has 5 nitrogen and oxygen atoms in total. The van der Waals surface area contributed by atoms with Gasteiger partial charge in [0.2, 0.25) is 0 Å². The summed E-state index contributed by atoms with van der Waals surface area (Å²) < 4.78 is 0. The molecule has 1 saturated heterocycles. The molecule has 124 valence electrons. The minimum atomic E-state index is 0.348. The van der Waals surface area contributed by atoms with E-state index in [-0.39, 0.29) is 0 Å². The van der Waals surface area contributed by atoms with Crippen molar-refractivity contribution in [3.8, 4) is 5.75 Å². The summed E-state index contributed by atoms with van der Waals surface area (Å²) in [5, 5.41) is 11.2. The van der Waals surface area contributed by atoms with Gasteiger partial charge in [0.25, 0.3) is 0 Å². The van der Waals surface area contributed by atoms with Crippen LogP contribution in [-0.2, 0) is 6.42 Å². The number of nitrogens with zero attached hydrogens (tertiary/aromatic N) is 4. The van der Waals surface area contributed by atoms with Gasteiger partial charge in [0.05, 0.1) is 11.1 Å². The molecular formula is C18H20N4OS. The van der Waals surface area contributed by atoms with E-state index in [1.165, 1.54) is 4.88 Å². The first kappa shape index (κ1) is 15.2. The quantitative estimate of drug-likeness (QED) is 0.793. The van der Waals surface area contributed by atoms with Crippen molar-refractivity contribution in [2.45, 2.75) is 13.3 Å². The van der Waals surface area contributed by atoms with Gasteiger partial charge in [0, 0.05) is 31.1 Å². The molecule has 6 heteroatoms. The van der Waals surface area contributed by atoms with Gasteiger partial charge in [0.15, 0.2) is 0 Å². The summed E-state index contributed by atoms with van der Waals surface area (Å²) in [6.45, 7) is 5.68. The first-order valence-corrected chi connectivity index (χ1v) is 9.09. The predicted molar refractivity (Wildman–Crippen MR) is 99.3 cm³/mol. The highest BCUT2D eigenvalue weighted by Crippen LogP contribution is 2.32. The Morgan fingerprint density at radius 1 is 1.08 bits per heavy atom. The lowest BCUT2D eigenvalue weighted by Crippen LogP contribution is -2.46. The van der Waals surface area contributed by atoms with Gasteiger partial charge in [-0.2, -0.15) is 0 Å². The van der Waals surface area contributed by atoms with E-state index < -0.39 is 0 Å². The average Bonchev–Trinajstić information content (AvgIpc) is 3.06. The van der Waals surface area contributed by atoms with Crippen LogP contribution in [0.3, 0.4) is 0 Å².